The van der Waals surface area contributed by atoms with E-state index in [2.05, 4.69) is 4.99 Å². The molecule has 1 aliphatic rings. The summed E-state index contributed by atoms with van der Waals surface area (Å²) < 4.78 is 5.84. The van der Waals surface area contributed by atoms with Crippen molar-refractivity contribution in [2.45, 2.75) is 20.5 Å². The van der Waals surface area contributed by atoms with E-state index in [-0.39, 0.29) is 5.91 Å². The summed E-state index contributed by atoms with van der Waals surface area (Å²) in [7, 11) is 0. The summed E-state index contributed by atoms with van der Waals surface area (Å²) in [5.41, 5.74) is 3.78. The monoisotopic (exact) mass is 496 g/mol. The zero-order chi connectivity index (χ0) is 23.4. The molecule has 1 heterocycles. The van der Waals surface area contributed by atoms with Crippen LogP contribution >= 0.6 is 35.0 Å². The number of amides is 1. The Morgan fingerprint density at radius 1 is 1.03 bits per heavy atom. The van der Waals surface area contributed by atoms with E-state index in [4.69, 9.17) is 27.9 Å². The maximum Gasteiger partial charge on any atom is 0.266 e. The lowest BCUT2D eigenvalue weighted by Gasteiger charge is -2.12. The molecule has 4 nitrogen and oxygen atoms in total. The van der Waals surface area contributed by atoms with Gasteiger partial charge in [-0.1, -0.05) is 59.1 Å². The molecule has 3 aromatic carbocycles. The number of nitrogens with zero attached hydrogens (tertiary/aromatic N) is 2. The van der Waals surface area contributed by atoms with Crippen molar-refractivity contribution >= 4 is 57.8 Å². The van der Waals surface area contributed by atoms with Gasteiger partial charge in [-0.15, -0.1) is 0 Å². The van der Waals surface area contributed by atoms with Crippen molar-refractivity contribution in [2.75, 3.05) is 6.54 Å². The molecule has 1 aliphatic heterocycles. The summed E-state index contributed by atoms with van der Waals surface area (Å²) >= 11 is 13.5. The molecule has 0 aromatic heterocycles. The molecule has 0 atom stereocenters. The Morgan fingerprint density at radius 3 is 2.42 bits per heavy atom. The van der Waals surface area contributed by atoms with Crippen molar-refractivity contribution in [3.05, 3.63) is 98.4 Å². The van der Waals surface area contributed by atoms with Crippen LogP contribution in [0.4, 0.5) is 5.69 Å². The topological polar surface area (TPSA) is 41.9 Å². The third-order valence-electron chi connectivity index (χ3n) is 5.05. The molecule has 7 heteroatoms. The Balaban J connectivity index is 1.46. The summed E-state index contributed by atoms with van der Waals surface area (Å²) in [4.78, 5) is 19.9. The minimum absolute atomic E-state index is 0.0360. The zero-order valence-corrected chi connectivity index (χ0v) is 20.5. The fourth-order valence-corrected chi connectivity index (χ4v) is 4.74. The van der Waals surface area contributed by atoms with Crippen molar-refractivity contribution in [3.63, 3.8) is 0 Å². The molecule has 0 radical (unpaired) electrons. The highest BCUT2D eigenvalue weighted by Crippen LogP contribution is 2.34. The third kappa shape index (κ3) is 5.80. The second-order valence-electron chi connectivity index (χ2n) is 7.48. The molecule has 0 N–H and O–H groups in total. The van der Waals surface area contributed by atoms with Gasteiger partial charge in [0.2, 0.25) is 0 Å². The summed E-state index contributed by atoms with van der Waals surface area (Å²) in [5, 5.41) is 1.86. The molecule has 3 aromatic rings. The molecular weight excluding hydrogens is 475 g/mol. The van der Waals surface area contributed by atoms with Gasteiger partial charge in [0.25, 0.3) is 5.91 Å². The molecule has 1 saturated heterocycles. The first-order valence-corrected chi connectivity index (χ1v) is 12.0. The van der Waals surface area contributed by atoms with Gasteiger partial charge in [0, 0.05) is 22.2 Å². The van der Waals surface area contributed by atoms with Crippen molar-refractivity contribution in [2.24, 2.45) is 4.99 Å². The molecule has 0 saturated carbocycles. The molecule has 33 heavy (non-hydrogen) atoms. The molecule has 0 spiro atoms. The largest absolute Gasteiger partial charge is 0.489 e. The number of aliphatic imine (C=N–C) groups is 1. The number of carbonyl (C=O) groups is 1. The average molecular weight is 497 g/mol. The predicted octanol–water partition coefficient (Wildman–Crippen LogP) is 7.50. The standard InChI is InChI=1S/C26H22Cl2N2O2S/c1-3-30-25(31)24(33-26(30)29-21-10-4-17(2)5-11-21)14-18-6-12-22(13-7-18)32-16-19-8-9-20(27)15-23(19)28/h4-15H,3,16H2,1-2H3/b24-14+,29-26?. The summed E-state index contributed by atoms with van der Waals surface area (Å²) in [6.07, 6.45) is 1.88. The van der Waals surface area contributed by atoms with E-state index in [1.54, 1.807) is 17.0 Å². The first-order chi connectivity index (χ1) is 15.9. The maximum atomic E-state index is 12.9. The number of thioether (sulfide) groups is 1. The van der Waals surface area contributed by atoms with Gasteiger partial charge < -0.3 is 4.74 Å². The number of halogens is 2. The Kier molecular flexibility index (Phi) is 7.43. The van der Waals surface area contributed by atoms with Crippen LogP contribution in [-0.4, -0.2) is 22.5 Å². The smallest absolute Gasteiger partial charge is 0.266 e. The van der Waals surface area contributed by atoms with Crippen molar-refractivity contribution < 1.29 is 9.53 Å². The fraction of sp³-hybridized carbons (Fsp3) is 0.154. The predicted molar refractivity (Wildman–Crippen MR) is 138 cm³/mol. The minimum Gasteiger partial charge on any atom is -0.489 e. The lowest BCUT2D eigenvalue weighted by Crippen LogP contribution is -2.28. The average Bonchev–Trinajstić information content (AvgIpc) is 3.09. The van der Waals surface area contributed by atoms with E-state index in [0.29, 0.717) is 39.0 Å². The summed E-state index contributed by atoms with van der Waals surface area (Å²) in [6.45, 7) is 4.89. The van der Waals surface area contributed by atoms with Gasteiger partial charge in [-0.2, -0.15) is 0 Å². The minimum atomic E-state index is -0.0360. The molecule has 1 amide bonds. The van der Waals surface area contributed by atoms with E-state index in [9.17, 15) is 4.79 Å². The van der Waals surface area contributed by atoms with Crippen LogP contribution in [0, 0.1) is 6.92 Å². The number of carbonyl (C=O) groups excluding carboxylic acids is 1. The van der Waals surface area contributed by atoms with Crippen LogP contribution in [0.5, 0.6) is 5.75 Å². The molecule has 0 unspecified atom stereocenters. The second-order valence-corrected chi connectivity index (χ2v) is 9.34. The number of hydrogen-bond acceptors (Lipinski definition) is 4. The van der Waals surface area contributed by atoms with Crippen molar-refractivity contribution in [1.29, 1.82) is 0 Å². The Hall–Kier alpha value is -2.73. The Morgan fingerprint density at radius 2 is 1.76 bits per heavy atom. The van der Waals surface area contributed by atoms with E-state index in [0.717, 1.165) is 16.8 Å². The number of ether oxygens (including phenoxy) is 1. The number of hydrogen-bond donors (Lipinski definition) is 0. The van der Waals surface area contributed by atoms with Gasteiger partial charge in [0.1, 0.15) is 12.4 Å². The van der Waals surface area contributed by atoms with Crippen LogP contribution in [0.2, 0.25) is 10.0 Å². The van der Waals surface area contributed by atoms with Crippen LogP contribution in [0.25, 0.3) is 6.08 Å². The van der Waals surface area contributed by atoms with E-state index in [1.807, 2.05) is 74.5 Å². The van der Waals surface area contributed by atoms with E-state index in [1.165, 1.54) is 17.3 Å². The summed E-state index contributed by atoms with van der Waals surface area (Å²) in [6, 6.07) is 20.9. The summed E-state index contributed by atoms with van der Waals surface area (Å²) in [5.74, 6) is 0.677. The first-order valence-electron chi connectivity index (χ1n) is 10.5. The molecule has 4 rings (SSSR count). The van der Waals surface area contributed by atoms with Crippen molar-refractivity contribution in [3.8, 4) is 5.75 Å². The van der Waals surface area contributed by atoms with Crippen LogP contribution in [0.15, 0.2) is 76.6 Å². The van der Waals surface area contributed by atoms with E-state index >= 15 is 0 Å². The second kappa shape index (κ2) is 10.5. The molecular formula is C26H22Cl2N2O2S. The van der Waals surface area contributed by atoms with Crippen molar-refractivity contribution in [1.82, 2.24) is 4.90 Å². The zero-order valence-electron chi connectivity index (χ0n) is 18.2. The Labute approximate surface area is 207 Å². The highest BCUT2D eigenvalue weighted by molar-refractivity contribution is 8.18. The quantitative estimate of drug-likeness (QED) is 0.331. The lowest BCUT2D eigenvalue weighted by molar-refractivity contribution is -0.122. The van der Waals surface area contributed by atoms with Crippen LogP contribution < -0.4 is 4.74 Å². The van der Waals surface area contributed by atoms with Gasteiger partial charge in [-0.25, -0.2) is 4.99 Å². The molecule has 168 valence electrons. The lowest BCUT2D eigenvalue weighted by atomic mass is 10.2. The molecule has 1 fully saturated rings. The van der Waals surface area contributed by atoms with Crippen LogP contribution in [0.1, 0.15) is 23.6 Å². The van der Waals surface area contributed by atoms with E-state index < -0.39 is 0 Å². The molecule has 0 aliphatic carbocycles. The van der Waals surface area contributed by atoms with Gasteiger partial charge >= 0.3 is 0 Å². The first kappa shape index (κ1) is 23.4. The fourth-order valence-electron chi connectivity index (χ4n) is 3.21. The normalized spacial score (nSPS) is 16.1. The van der Waals surface area contributed by atoms with Crippen LogP contribution in [-0.2, 0) is 11.4 Å². The highest BCUT2D eigenvalue weighted by Gasteiger charge is 2.32. The molecule has 0 bridgehead atoms. The number of rotatable bonds is 6. The Bertz CT molecular complexity index is 1220. The maximum absolute atomic E-state index is 12.9. The van der Waals surface area contributed by atoms with Gasteiger partial charge in [-0.3, -0.25) is 9.69 Å². The number of likely N-dealkylation sites (N-methyl/N-ethyl adjacent to an activating group) is 1. The number of aryl methyl sites for hydroxylation is 1. The number of benzene rings is 3. The van der Waals surface area contributed by atoms with Crippen LogP contribution in [0.3, 0.4) is 0 Å². The number of amidine groups is 1. The third-order valence-corrected chi connectivity index (χ3v) is 6.64. The van der Waals surface area contributed by atoms with Gasteiger partial charge in [0.05, 0.1) is 10.6 Å². The van der Waals surface area contributed by atoms with Gasteiger partial charge in [-0.05, 0) is 73.6 Å². The van der Waals surface area contributed by atoms with Gasteiger partial charge in [0.15, 0.2) is 5.17 Å². The SMILES string of the molecule is CCN1C(=O)/C(=C\c2ccc(OCc3ccc(Cl)cc3Cl)cc2)SC1=Nc1ccc(C)cc1. The highest BCUT2D eigenvalue weighted by atomic mass is 35.5.